The molecule has 0 saturated carbocycles. The number of carbonyl (C=O) groups is 2. The number of carboxylic acid groups (broad SMARTS) is 1. The summed E-state index contributed by atoms with van der Waals surface area (Å²) in [4.78, 5) is 23.0. The van der Waals surface area contributed by atoms with Gasteiger partial charge >= 0.3 is 5.97 Å². The third-order valence-corrected chi connectivity index (χ3v) is 3.42. The molecule has 0 unspecified atom stereocenters. The van der Waals surface area contributed by atoms with Crippen LogP contribution in [0.15, 0.2) is 29.2 Å². The van der Waals surface area contributed by atoms with Crippen LogP contribution in [-0.2, 0) is 9.59 Å². The van der Waals surface area contributed by atoms with Crippen LogP contribution in [0.4, 0.5) is 0 Å². The topological polar surface area (TPSA) is 75.6 Å². The van der Waals surface area contributed by atoms with E-state index in [4.69, 9.17) is 9.84 Å². The molecule has 0 saturated heterocycles. The Kier molecular flexibility index (Phi) is 6.21. The molecular formula is C13H17NO4S. The molecule has 0 aliphatic heterocycles. The van der Waals surface area contributed by atoms with Crippen LogP contribution in [-0.4, -0.2) is 35.9 Å². The third kappa shape index (κ3) is 5.65. The number of ether oxygens (including phenoxy) is 1. The predicted octanol–water partition coefficient (Wildman–Crippen LogP) is 1.77. The van der Waals surface area contributed by atoms with E-state index >= 15 is 0 Å². The minimum absolute atomic E-state index is 0.254. The van der Waals surface area contributed by atoms with Crippen molar-refractivity contribution in [3.05, 3.63) is 24.3 Å². The second-order valence-electron chi connectivity index (χ2n) is 3.90. The first-order valence-electron chi connectivity index (χ1n) is 5.82. The zero-order valence-corrected chi connectivity index (χ0v) is 11.7. The van der Waals surface area contributed by atoms with Gasteiger partial charge in [0.15, 0.2) is 0 Å². The molecule has 2 N–H and O–H groups in total. The van der Waals surface area contributed by atoms with Crippen LogP contribution in [0.5, 0.6) is 5.75 Å². The van der Waals surface area contributed by atoms with Gasteiger partial charge < -0.3 is 15.2 Å². The summed E-state index contributed by atoms with van der Waals surface area (Å²) in [6.07, 6.45) is 0.286. The lowest BCUT2D eigenvalue weighted by molar-refractivity contribution is -0.141. The fourth-order valence-corrected chi connectivity index (χ4v) is 2.16. The van der Waals surface area contributed by atoms with Crippen LogP contribution in [0.2, 0.25) is 0 Å². The molecule has 0 fully saturated rings. The van der Waals surface area contributed by atoms with E-state index in [2.05, 4.69) is 5.32 Å². The van der Waals surface area contributed by atoms with Gasteiger partial charge in [-0.05, 0) is 31.2 Å². The maximum Gasteiger partial charge on any atom is 0.325 e. The summed E-state index contributed by atoms with van der Waals surface area (Å²) >= 11 is 1.54. The van der Waals surface area contributed by atoms with Crippen LogP contribution in [0.1, 0.15) is 13.3 Å². The lowest BCUT2D eigenvalue weighted by atomic mass is 10.3. The van der Waals surface area contributed by atoms with Gasteiger partial charge in [-0.1, -0.05) is 0 Å². The number of rotatable bonds is 7. The third-order valence-electron chi connectivity index (χ3n) is 2.41. The highest BCUT2D eigenvalue weighted by molar-refractivity contribution is 7.99. The van der Waals surface area contributed by atoms with Gasteiger partial charge in [0.05, 0.1) is 7.11 Å². The molecule has 0 bridgehead atoms. The highest BCUT2D eigenvalue weighted by atomic mass is 32.2. The summed E-state index contributed by atoms with van der Waals surface area (Å²) in [5, 5.41) is 11.1. The fourth-order valence-electron chi connectivity index (χ4n) is 1.31. The Hall–Kier alpha value is -1.69. The quantitative estimate of drug-likeness (QED) is 0.746. The van der Waals surface area contributed by atoms with Crippen LogP contribution in [0.25, 0.3) is 0 Å². The number of methoxy groups -OCH3 is 1. The molecule has 104 valence electrons. The van der Waals surface area contributed by atoms with Gasteiger partial charge in [-0.15, -0.1) is 11.8 Å². The second-order valence-corrected chi connectivity index (χ2v) is 5.07. The van der Waals surface area contributed by atoms with Gasteiger partial charge in [0.2, 0.25) is 5.91 Å². The minimum atomic E-state index is -1.03. The van der Waals surface area contributed by atoms with Gasteiger partial charge in [0.25, 0.3) is 0 Å². The largest absolute Gasteiger partial charge is 0.497 e. The van der Waals surface area contributed by atoms with Crippen LogP contribution >= 0.6 is 11.8 Å². The Morgan fingerprint density at radius 3 is 2.53 bits per heavy atom. The molecule has 5 nitrogen and oxygen atoms in total. The molecule has 1 atom stereocenters. The van der Waals surface area contributed by atoms with E-state index in [-0.39, 0.29) is 12.3 Å². The number of thioether (sulfide) groups is 1. The highest BCUT2D eigenvalue weighted by Crippen LogP contribution is 2.21. The molecule has 6 heteroatoms. The van der Waals surface area contributed by atoms with Gasteiger partial charge in [0.1, 0.15) is 11.8 Å². The van der Waals surface area contributed by atoms with Crippen molar-refractivity contribution in [3.8, 4) is 5.75 Å². The first-order chi connectivity index (χ1) is 9.02. The van der Waals surface area contributed by atoms with Crippen molar-refractivity contribution in [1.82, 2.24) is 5.32 Å². The fraction of sp³-hybridized carbons (Fsp3) is 0.385. The van der Waals surface area contributed by atoms with Crippen molar-refractivity contribution in [1.29, 1.82) is 0 Å². The first-order valence-corrected chi connectivity index (χ1v) is 6.80. The van der Waals surface area contributed by atoms with E-state index in [9.17, 15) is 9.59 Å². The maximum atomic E-state index is 11.4. The van der Waals surface area contributed by atoms with Crippen molar-refractivity contribution < 1.29 is 19.4 Å². The number of amides is 1. The lowest BCUT2D eigenvalue weighted by Gasteiger charge is -2.09. The molecule has 0 heterocycles. The van der Waals surface area contributed by atoms with Crippen LogP contribution < -0.4 is 10.1 Å². The zero-order valence-electron chi connectivity index (χ0n) is 10.9. The lowest BCUT2D eigenvalue weighted by Crippen LogP contribution is -2.38. The molecule has 0 radical (unpaired) electrons. The number of carboxylic acids is 1. The molecule has 1 amide bonds. The van der Waals surface area contributed by atoms with Crippen molar-refractivity contribution in [2.75, 3.05) is 12.9 Å². The van der Waals surface area contributed by atoms with Gasteiger partial charge in [-0.2, -0.15) is 0 Å². The maximum absolute atomic E-state index is 11.4. The zero-order chi connectivity index (χ0) is 14.3. The van der Waals surface area contributed by atoms with E-state index in [0.29, 0.717) is 5.75 Å². The summed E-state index contributed by atoms with van der Waals surface area (Å²) in [5.74, 6) is 0.106. The number of nitrogens with one attached hydrogen (secondary N) is 1. The average molecular weight is 283 g/mol. The van der Waals surface area contributed by atoms with Gasteiger partial charge in [-0.25, -0.2) is 0 Å². The minimum Gasteiger partial charge on any atom is -0.497 e. The number of hydrogen-bond acceptors (Lipinski definition) is 4. The van der Waals surface area contributed by atoms with E-state index in [0.717, 1.165) is 10.6 Å². The number of benzene rings is 1. The Morgan fingerprint density at radius 2 is 2.00 bits per heavy atom. The number of aliphatic carboxylic acids is 1. The van der Waals surface area contributed by atoms with Crippen LogP contribution in [0.3, 0.4) is 0 Å². The summed E-state index contributed by atoms with van der Waals surface area (Å²) in [6.45, 7) is 1.44. The molecule has 0 spiro atoms. The normalized spacial score (nSPS) is 11.7. The Morgan fingerprint density at radius 1 is 1.37 bits per heavy atom. The second kappa shape index (κ2) is 7.68. The SMILES string of the molecule is COc1ccc(SCCC(=O)N[C@@H](C)C(=O)O)cc1. The van der Waals surface area contributed by atoms with Crippen molar-refractivity contribution in [2.24, 2.45) is 0 Å². The first kappa shape index (κ1) is 15.4. The van der Waals surface area contributed by atoms with Gasteiger partial charge in [0, 0.05) is 17.1 Å². The van der Waals surface area contributed by atoms with Crippen molar-refractivity contribution in [2.45, 2.75) is 24.3 Å². The molecule has 19 heavy (non-hydrogen) atoms. The van der Waals surface area contributed by atoms with Crippen LogP contribution in [0, 0.1) is 0 Å². The summed E-state index contributed by atoms with van der Waals surface area (Å²) in [6, 6.07) is 6.70. The molecule has 0 aliphatic rings. The monoisotopic (exact) mass is 283 g/mol. The molecule has 1 aromatic carbocycles. The summed E-state index contributed by atoms with van der Waals surface area (Å²) in [7, 11) is 1.61. The number of hydrogen-bond donors (Lipinski definition) is 2. The average Bonchev–Trinajstić information content (AvgIpc) is 2.39. The Bertz CT molecular complexity index is 433. The van der Waals surface area contributed by atoms with E-state index in [1.807, 2.05) is 24.3 Å². The van der Waals surface area contributed by atoms with E-state index in [1.165, 1.54) is 18.7 Å². The summed E-state index contributed by atoms with van der Waals surface area (Å²) in [5.41, 5.74) is 0. The standard InChI is InChI=1S/C13H17NO4S/c1-9(13(16)17)14-12(15)7-8-19-11-5-3-10(18-2)4-6-11/h3-6,9H,7-8H2,1-2H3,(H,14,15)(H,16,17)/t9-/m0/s1. The molecule has 1 rings (SSSR count). The molecule has 0 aromatic heterocycles. The summed E-state index contributed by atoms with van der Waals surface area (Å²) < 4.78 is 5.05. The smallest absolute Gasteiger partial charge is 0.325 e. The van der Waals surface area contributed by atoms with Crippen molar-refractivity contribution in [3.63, 3.8) is 0 Å². The van der Waals surface area contributed by atoms with Crippen molar-refractivity contribution >= 4 is 23.6 Å². The van der Waals surface area contributed by atoms with Gasteiger partial charge in [-0.3, -0.25) is 9.59 Å². The predicted molar refractivity (Wildman–Crippen MR) is 73.6 cm³/mol. The van der Waals surface area contributed by atoms with E-state index in [1.54, 1.807) is 7.11 Å². The highest BCUT2D eigenvalue weighted by Gasteiger charge is 2.13. The Labute approximate surface area is 116 Å². The Balaban J connectivity index is 2.29. The molecular weight excluding hydrogens is 266 g/mol. The van der Waals surface area contributed by atoms with E-state index < -0.39 is 12.0 Å². The molecule has 0 aliphatic carbocycles. The number of carbonyl (C=O) groups excluding carboxylic acids is 1. The molecule has 1 aromatic rings.